The fraction of sp³-hybridized carbons (Fsp3) is 0.545. The van der Waals surface area contributed by atoms with Crippen LogP contribution in [0, 0.1) is 5.92 Å². The van der Waals surface area contributed by atoms with Gasteiger partial charge in [0.1, 0.15) is 5.76 Å². The van der Waals surface area contributed by atoms with Gasteiger partial charge in [-0.2, -0.15) is 0 Å². The van der Waals surface area contributed by atoms with Gasteiger partial charge in [0.2, 0.25) is 0 Å². The fourth-order valence-electron chi connectivity index (χ4n) is 1.50. The summed E-state index contributed by atoms with van der Waals surface area (Å²) in [4.78, 5) is 13.4. The van der Waals surface area contributed by atoms with Gasteiger partial charge in [-0.15, -0.1) is 0 Å². The summed E-state index contributed by atoms with van der Waals surface area (Å²) in [5.74, 6) is 0.448. The Morgan fingerprint density at radius 3 is 2.80 bits per heavy atom. The Bertz CT molecular complexity index is 293. The SMILES string of the molecule is COC(=O)C(Cc1ccco1)CN(C)C. The third-order valence-corrected chi connectivity index (χ3v) is 2.15. The van der Waals surface area contributed by atoms with E-state index in [0.717, 1.165) is 5.76 Å². The fourth-order valence-corrected chi connectivity index (χ4v) is 1.50. The number of furan rings is 1. The Balaban J connectivity index is 2.60. The molecule has 84 valence electrons. The molecular weight excluding hydrogens is 194 g/mol. The van der Waals surface area contributed by atoms with Gasteiger partial charge >= 0.3 is 5.97 Å². The Labute approximate surface area is 89.8 Å². The zero-order valence-corrected chi connectivity index (χ0v) is 9.40. The van der Waals surface area contributed by atoms with Crippen LogP contribution in [0.4, 0.5) is 0 Å². The first-order valence-electron chi connectivity index (χ1n) is 4.88. The minimum Gasteiger partial charge on any atom is -0.469 e. The van der Waals surface area contributed by atoms with E-state index in [1.54, 1.807) is 6.26 Å². The lowest BCUT2D eigenvalue weighted by molar-refractivity contribution is -0.146. The van der Waals surface area contributed by atoms with Crippen molar-refractivity contribution in [3.63, 3.8) is 0 Å². The van der Waals surface area contributed by atoms with E-state index in [1.807, 2.05) is 31.1 Å². The molecule has 1 aromatic heterocycles. The van der Waals surface area contributed by atoms with Crippen molar-refractivity contribution >= 4 is 5.97 Å². The van der Waals surface area contributed by atoms with Gasteiger partial charge in [-0.05, 0) is 26.2 Å². The molecule has 0 N–H and O–H groups in total. The zero-order chi connectivity index (χ0) is 11.3. The highest BCUT2D eigenvalue weighted by molar-refractivity contribution is 5.72. The highest BCUT2D eigenvalue weighted by Gasteiger charge is 2.21. The number of nitrogens with zero attached hydrogens (tertiary/aromatic N) is 1. The minimum atomic E-state index is -0.194. The maximum absolute atomic E-state index is 11.5. The summed E-state index contributed by atoms with van der Waals surface area (Å²) in [6, 6.07) is 3.69. The molecule has 4 nitrogen and oxygen atoms in total. The van der Waals surface area contributed by atoms with Crippen molar-refractivity contribution in [1.82, 2.24) is 4.90 Å². The van der Waals surface area contributed by atoms with Crippen molar-refractivity contribution < 1.29 is 13.9 Å². The Kier molecular flexibility index (Phi) is 4.37. The van der Waals surface area contributed by atoms with Crippen molar-refractivity contribution in [2.45, 2.75) is 6.42 Å². The second kappa shape index (κ2) is 5.56. The molecule has 0 radical (unpaired) electrons. The number of rotatable bonds is 5. The quantitative estimate of drug-likeness (QED) is 0.686. The Morgan fingerprint density at radius 2 is 2.33 bits per heavy atom. The standard InChI is InChI=1S/C11H17NO3/c1-12(2)8-9(11(13)14-3)7-10-5-4-6-15-10/h4-6,9H,7-8H2,1-3H3. The van der Waals surface area contributed by atoms with Crippen LogP contribution in [0.25, 0.3) is 0 Å². The summed E-state index contributed by atoms with van der Waals surface area (Å²) in [5.41, 5.74) is 0. The van der Waals surface area contributed by atoms with Crippen molar-refractivity contribution in [3.05, 3.63) is 24.2 Å². The Morgan fingerprint density at radius 1 is 1.60 bits per heavy atom. The predicted octanol–water partition coefficient (Wildman–Crippen LogP) is 1.17. The van der Waals surface area contributed by atoms with E-state index in [2.05, 4.69) is 0 Å². The highest BCUT2D eigenvalue weighted by atomic mass is 16.5. The summed E-state index contributed by atoms with van der Waals surface area (Å²) in [5, 5.41) is 0. The van der Waals surface area contributed by atoms with E-state index in [4.69, 9.17) is 9.15 Å². The molecule has 1 atom stereocenters. The number of methoxy groups -OCH3 is 1. The van der Waals surface area contributed by atoms with Crippen LogP contribution in [0.15, 0.2) is 22.8 Å². The van der Waals surface area contributed by atoms with Crippen LogP contribution < -0.4 is 0 Å². The second-order valence-electron chi connectivity index (χ2n) is 3.77. The molecule has 0 saturated carbocycles. The number of ether oxygens (including phenoxy) is 1. The van der Waals surface area contributed by atoms with Gasteiger partial charge in [0.05, 0.1) is 19.3 Å². The average Bonchev–Trinajstić information content (AvgIpc) is 2.67. The number of carbonyl (C=O) groups excluding carboxylic acids is 1. The molecule has 0 bridgehead atoms. The highest BCUT2D eigenvalue weighted by Crippen LogP contribution is 2.11. The zero-order valence-electron chi connectivity index (χ0n) is 9.40. The molecule has 0 saturated heterocycles. The maximum Gasteiger partial charge on any atom is 0.310 e. The van der Waals surface area contributed by atoms with Gasteiger partial charge in [-0.3, -0.25) is 4.79 Å². The molecule has 4 heteroatoms. The van der Waals surface area contributed by atoms with Crippen LogP contribution in [0.5, 0.6) is 0 Å². The lowest BCUT2D eigenvalue weighted by Gasteiger charge is -2.17. The molecular formula is C11H17NO3. The maximum atomic E-state index is 11.5. The molecule has 15 heavy (non-hydrogen) atoms. The van der Waals surface area contributed by atoms with E-state index in [1.165, 1.54) is 7.11 Å². The van der Waals surface area contributed by atoms with E-state index in [0.29, 0.717) is 13.0 Å². The number of carbonyl (C=O) groups is 1. The molecule has 1 heterocycles. The first kappa shape index (κ1) is 11.8. The van der Waals surface area contributed by atoms with Crippen LogP contribution in [0.1, 0.15) is 5.76 Å². The van der Waals surface area contributed by atoms with Crippen LogP contribution in [0.3, 0.4) is 0 Å². The van der Waals surface area contributed by atoms with Gasteiger partial charge in [-0.1, -0.05) is 0 Å². The Hall–Kier alpha value is -1.29. The van der Waals surface area contributed by atoms with Crippen molar-refractivity contribution in [3.8, 4) is 0 Å². The summed E-state index contributed by atoms with van der Waals surface area (Å²) in [7, 11) is 5.27. The number of hydrogen-bond acceptors (Lipinski definition) is 4. The van der Waals surface area contributed by atoms with Crippen molar-refractivity contribution in [2.24, 2.45) is 5.92 Å². The van der Waals surface area contributed by atoms with Crippen LogP contribution in [-0.4, -0.2) is 38.6 Å². The molecule has 0 spiro atoms. The van der Waals surface area contributed by atoms with Gasteiger partial charge in [0.25, 0.3) is 0 Å². The third-order valence-electron chi connectivity index (χ3n) is 2.15. The van der Waals surface area contributed by atoms with E-state index < -0.39 is 0 Å². The van der Waals surface area contributed by atoms with Gasteiger partial charge in [0, 0.05) is 13.0 Å². The summed E-state index contributed by atoms with van der Waals surface area (Å²) < 4.78 is 9.97. The summed E-state index contributed by atoms with van der Waals surface area (Å²) in [6.07, 6.45) is 2.19. The number of esters is 1. The summed E-state index contributed by atoms with van der Waals surface area (Å²) >= 11 is 0. The molecule has 0 amide bonds. The lowest BCUT2D eigenvalue weighted by Crippen LogP contribution is -2.30. The van der Waals surface area contributed by atoms with Gasteiger partial charge in [0.15, 0.2) is 0 Å². The van der Waals surface area contributed by atoms with Crippen molar-refractivity contribution in [2.75, 3.05) is 27.7 Å². The molecule has 1 unspecified atom stereocenters. The minimum absolute atomic E-state index is 0.170. The normalized spacial score (nSPS) is 12.8. The predicted molar refractivity (Wildman–Crippen MR) is 56.5 cm³/mol. The summed E-state index contributed by atoms with van der Waals surface area (Å²) in [6.45, 7) is 0.660. The topological polar surface area (TPSA) is 42.7 Å². The third kappa shape index (κ3) is 3.75. The van der Waals surface area contributed by atoms with E-state index >= 15 is 0 Å². The van der Waals surface area contributed by atoms with E-state index in [9.17, 15) is 4.79 Å². The molecule has 0 aromatic carbocycles. The lowest BCUT2D eigenvalue weighted by atomic mass is 10.0. The monoisotopic (exact) mass is 211 g/mol. The van der Waals surface area contributed by atoms with Crippen molar-refractivity contribution in [1.29, 1.82) is 0 Å². The largest absolute Gasteiger partial charge is 0.469 e. The first-order chi connectivity index (χ1) is 7.13. The van der Waals surface area contributed by atoms with Gasteiger partial charge in [-0.25, -0.2) is 0 Å². The van der Waals surface area contributed by atoms with E-state index in [-0.39, 0.29) is 11.9 Å². The first-order valence-corrected chi connectivity index (χ1v) is 4.88. The molecule has 0 fully saturated rings. The van der Waals surface area contributed by atoms with Crippen LogP contribution in [-0.2, 0) is 16.0 Å². The molecule has 1 rings (SSSR count). The molecule has 0 aliphatic rings. The van der Waals surface area contributed by atoms with Crippen LogP contribution >= 0.6 is 0 Å². The average molecular weight is 211 g/mol. The number of hydrogen-bond donors (Lipinski definition) is 0. The molecule has 0 aliphatic heterocycles. The molecule has 0 aliphatic carbocycles. The van der Waals surface area contributed by atoms with Gasteiger partial charge < -0.3 is 14.1 Å². The second-order valence-corrected chi connectivity index (χ2v) is 3.77. The smallest absolute Gasteiger partial charge is 0.310 e. The van der Waals surface area contributed by atoms with Crippen LogP contribution in [0.2, 0.25) is 0 Å². The molecule has 1 aromatic rings.